The Morgan fingerprint density at radius 1 is 1.31 bits per heavy atom. The SMILES string of the molecule is N[C@@H]1CC[C@@H](c2cccc(Cl)c2)C1. The Morgan fingerprint density at radius 3 is 2.77 bits per heavy atom. The molecule has 2 atom stereocenters. The van der Waals surface area contributed by atoms with Crippen molar-refractivity contribution in [2.45, 2.75) is 31.2 Å². The molecule has 0 unspecified atom stereocenters. The van der Waals surface area contributed by atoms with Gasteiger partial charge in [-0.2, -0.15) is 0 Å². The van der Waals surface area contributed by atoms with E-state index in [1.54, 1.807) is 0 Å². The van der Waals surface area contributed by atoms with Gasteiger partial charge in [0.15, 0.2) is 0 Å². The summed E-state index contributed by atoms with van der Waals surface area (Å²) in [5.41, 5.74) is 7.22. The summed E-state index contributed by atoms with van der Waals surface area (Å²) in [5.74, 6) is 0.633. The second kappa shape index (κ2) is 3.69. The Bertz CT molecular complexity index is 298. The van der Waals surface area contributed by atoms with Gasteiger partial charge in [-0.25, -0.2) is 0 Å². The lowest BCUT2D eigenvalue weighted by Gasteiger charge is -2.09. The van der Waals surface area contributed by atoms with E-state index in [0.717, 1.165) is 17.9 Å². The molecule has 70 valence electrons. The van der Waals surface area contributed by atoms with Gasteiger partial charge in [-0.05, 0) is 42.9 Å². The number of rotatable bonds is 1. The zero-order valence-corrected chi connectivity index (χ0v) is 8.30. The third-order valence-corrected chi connectivity index (χ3v) is 3.03. The van der Waals surface area contributed by atoms with Gasteiger partial charge in [0.05, 0.1) is 0 Å². The topological polar surface area (TPSA) is 26.0 Å². The maximum atomic E-state index is 5.93. The molecule has 0 spiro atoms. The zero-order valence-electron chi connectivity index (χ0n) is 7.54. The largest absolute Gasteiger partial charge is 0.328 e. The molecule has 0 amide bonds. The summed E-state index contributed by atoms with van der Waals surface area (Å²) in [6.45, 7) is 0. The smallest absolute Gasteiger partial charge is 0.0408 e. The lowest BCUT2D eigenvalue weighted by molar-refractivity contribution is 0.675. The van der Waals surface area contributed by atoms with E-state index in [1.165, 1.54) is 12.0 Å². The summed E-state index contributed by atoms with van der Waals surface area (Å²) in [6, 6.07) is 8.53. The van der Waals surface area contributed by atoms with Crippen molar-refractivity contribution in [1.29, 1.82) is 0 Å². The maximum absolute atomic E-state index is 5.93. The van der Waals surface area contributed by atoms with E-state index in [0.29, 0.717) is 12.0 Å². The van der Waals surface area contributed by atoms with Crippen LogP contribution in [0.3, 0.4) is 0 Å². The zero-order chi connectivity index (χ0) is 9.26. The predicted octanol–water partition coefficient (Wildman–Crippen LogP) is 2.93. The van der Waals surface area contributed by atoms with Crippen LogP contribution in [-0.2, 0) is 0 Å². The molecular weight excluding hydrogens is 182 g/mol. The highest BCUT2D eigenvalue weighted by atomic mass is 35.5. The summed E-state index contributed by atoms with van der Waals surface area (Å²) in [5, 5.41) is 0.831. The fourth-order valence-corrected chi connectivity index (χ4v) is 2.28. The molecule has 1 aliphatic carbocycles. The molecule has 0 bridgehead atoms. The first-order valence-electron chi connectivity index (χ1n) is 4.77. The quantitative estimate of drug-likeness (QED) is 0.733. The Balaban J connectivity index is 2.16. The highest BCUT2D eigenvalue weighted by Gasteiger charge is 2.22. The Kier molecular flexibility index (Phi) is 2.56. The highest BCUT2D eigenvalue weighted by Crippen LogP contribution is 2.34. The number of nitrogens with two attached hydrogens (primary N) is 1. The molecule has 1 aromatic rings. The van der Waals surface area contributed by atoms with E-state index >= 15 is 0 Å². The average Bonchev–Trinajstić information content (AvgIpc) is 2.52. The average molecular weight is 196 g/mol. The standard InChI is InChI=1S/C11H14ClN/c12-10-3-1-2-8(6-10)9-4-5-11(13)7-9/h1-3,6,9,11H,4-5,7,13H2/t9-,11-/m1/s1. The van der Waals surface area contributed by atoms with Gasteiger partial charge in [0.2, 0.25) is 0 Å². The second-order valence-electron chi connectivity index (χ2n) is 3.83. The molecule has 1 aliphatic rings. The monoisotopic (exact) mass is 195 g/mol. The normalized spacial score (nSPS) is 27.8. The van der Waals surface area contributed by atoms with Crippen LogP contribution in [0.15, 0.2) is 24.3 Å². The van der Waals surface area contributed by atoms with Crippen molar-refractivity contribution >= 4 is 11.6 Å². The van der Waals surface area contributed by atoms with Crippen molar-refractivity contribution in [1.82, 2.24) is 0 Å². The Morgan fingerprint density at radius 2 is 2.15 bits per heavy atom. The first kappa shape index (κ1) is 9.04. The molecule has 1 fully saturated rings. The van der Waals surface area contributed by atoms with Crippen molar-refractivity contribution in [3.8, 4) is 0 Å². The van der Waals surface area contributed by atoms with Crippen LogP contribution in [-0.4, -0.2) is 6.04 Å². The van der Waals surface area contributed by atoms with Crippen LogP contribution in [0.1, 0.15) is 30.7 Å². The summed E-state index contributed by atoms with van der Waals surface area (Å²) in [6.07, 6.45) is 3.47. The first-order chi connectivity index (χ1) is 6.25. The van der Waals surface area contributed by atoms with E-state index < -0.39 is 0 Å². The van der Waals surface area contributed by atoms with Gasteiger partial charge >= 0.3 is 0 Å². The molecule has 0 saturated heterocycles. The third kappa shape index (κ3) is 2.04. The molecule has 0 heterocycles. The van der Waals surface area contributed by atoms with Gasteiger partial charge < -0.3 is 5.73 Å². The third-order valence-electron chi connectivity index (χ3n) is 2.79. The molecule has 0 radical (unpaired) electrons. The van der Waals surface area contributed by atoms with Crippen molar-refractivity contribution in [3.05, 3.63) is 34.9 Å². The fourth-order valence-electron chi connectivity index (χ4n) is 2.08. The minimum atomic E-state index is 0.393. The van der Waals surface area contributed by atoms with Crippen LogP contribution in [0.25, 0.3) is 0 Å². The molecule has 13 heavy (non-hydrogen) atoms. The van der Waals surface area contributed by atoms with Gasteiger partial charge in [-0.1, -0.05) is 23.7 Å². The van der Waals surface area contributed by atoms with Crippen LogP contribution in [0.5, 0.6) is 0 Å². The first-order valence-corrected chi connectivity index (χ1v) is 5.14. The number of benzene rings is 1. The highest BCUT2D eigenvalue weighted by molar-refractivity contribution is 6.30. The van der Waals surface area contributed by atoms with Crippen molar-refractivity contribution in [2.24, 2.45) is 5.73 Å². The summed E-state index contributed by atoms with van der Waals surface area (Å²) >= 11 is 5.93. The molecule has 2 N–H and O–H groups in total. The number of hydrogen-bond acceptors (Lipinski definition) is 1. The molecule has 1 nitrogen and oxygen atoms in total. The maximum Gasteiger partial charge on any atom is 0.0408 e. The van der Waals surface area contributed by atoms with Gasteiger partial charge in [0.25, 0.3) is 0 Å². The van der Waals surface area contributed by atoms with Crippen LogP contribution < -0.4 is 5.73 Å². The van der Waals surface area contributed by atoms with Crippen molar-refractivity contribution in [2.75, 3.05) is 0 Å². The van der Waals surface area contributed by atoms with Gasteiger partial charge in [0.1, 0.15) is 0 Å². The van der Waals surface area contributed by atoms with Gasteiger partial charge in [-0.3, -0.25) is 0 Å². The summed E-state index contributed by atoms with van der Waals surface area (Å²) in [7, 11) is 0. The molecule has 1 saturated carbocycles. The fraction of sp³-hybridized carbons (Fsp3) is 0.455. The second-order valence-corrected chi connectivity index (χ2v) is 4.26. The minimum absolute atomic E-state index is 0.393. The summed E-state index contributed by atoms with van der Waals surface area (Å²) < 4.78 is 0. The van der Waals surface area contributed by atoms with E-state index in [9.17, 15) is 0 Å². The number of hydrogen-bond donors (Lipinski definition) is 1. The van der Waals surface area contributed by atoms with E-state index in [1.807, 2.05) is 12.1 Å². The molecule has 2 rings (SSSR count). The van der Waals surface area contributed by atoms with Crippen LogP contribution in [0, 0.1) is 0 Å². The van der Waals surface area contributed by atoms with E-state index in [2.05, 4.69) is 12.1 Å². The van der Waals surface area contributed by atoms with Crippen LogP contribution in [0.2, 0.25) is 5.02 Å². The van der Waals surface area contributed by atoms with Crippen LogP contribution >= 0.6 is 11.6 Å². The molecular formula is C11H14ClN. The summed E-state index contributed by atoms with van der Waals surface area (Å²) in [4.78, 5) is 0. The van der Waals surface area contributed by atoms with Crippen molar-refractivity contribution < 1.29 is 0 Å². The van der Waals surface area contributed by atoms with Crippen molar-refractivity contribution in [3.63, 3.8) is 0 Å². The van der Waals surface area contributed by atoms with Gasteiger partial charge in [-0.15, -0.1) is 0 Å². The van der Waals surface area contributed by atoms with E-state index in [-0.39, 0.29) is 0 Å². The Labute approximate surface area is 83.9 Å². The van der Waals surface area contributed by atoms with E-state index in [4.69, 9.17) is 17.3 Å². The molecule has 2 heteroatoms. The lowest BCUT2D eigenvalue weighted by Crippen LogP contribution is -2.14. The minimum Gasteiger partial charge on any atom is -0.328 e. The lowest BCUT2D eigenvalue weighted by atomic mass is 9.98. The molecule has 1 aromatic carbocycles. The van der Waals surface area contributed by atoms with Gasteiger partial charge in [0, 0.05) is 11.1 Å². The Hall–Kier alpha value is -0.530. The van der Waals surface area contributed by atoms with Crippen LogP contribution in [0.4, 0.5) is 0 Å². The molecule has 0 aliphatic heterocycles. The predicted molar refractivity (Wildman–Crippen MR) is 56.0 cm³/mol. The number of halogens is 1. The molecule has 0 aromatic heterocycles.